The van der Waals surface area contributed by atoms with Crippen LogP contribution in [0.4, 0.5) is 19.0 Å². The fourth-order valence-electron chi connectivity index (χ4n) is 3.10. The molecule has 7 nitrogen and oxygen atoms in total. The van der Waals surface area contributed by atoms with E-state index in [4.69, 9.17) is 0 Å². The van der Waals surface area contributed by atoms with Gasteiger partial charge in [-0.05, 0) is 42.7 Å². The molecule has 0 amide bonds. The normalized spacial score (nSPS) is 16.8. The molecule has 1 aromatic heterocycles. The Morgan fingerprint density at radius 2 is 1.77 bits per heavy atom. The van der Waals surface area contributed by atoms with E-state index in [0.717, 1.165) is 31.4 Å². The molecule has 164 valence electrons. The van der Waals surface area contributed by atoms with Crippen molar-refractivity contribution >= 4 is 15.8 Å². The monoisotopic (exact) mass is 445 g/mol. The van der Waals surface area contributed by atoms with Gasteiger partial charge in [-0.15, -0.1) is 13.2 Å². The topological polar surface area (TPSA) is 91.8 Å². The van der Waals surface area contributed by atoms with Gasteiger partial charge in [-0.25, -0.2) is 13.4 Å². The second-order valence-electron chi connectivity index (χ2n) is 6.86. The van der Waals surface area contributed by atoms with Crippen molar-refractivity contribution in [2.45, 2.75) is 36.6 Å². The lowest BCUT2D eigenvalue weighted by Crippen LogP contribution is -2.35. The summed E-state index contributed by atoms with van der Waals surface area (Å²) >= 11 is 0. The first kappa shape index (κ1) is 22.3. The van der Waals surface area contributed by atoms with Crippen LogP contribution in [0.25, 0.3) is 0 Å². The van der Waals surface area contributed by atoms with Crippen LogP contribution >= 0.6 is 0 Å². The molecule has 30 heavy (non-hydrogen) atoms. The van der Waals surface area contributed by atoms with Crippen molar-refractivity contribution in [3.63, 3.8) is 0 Å². The number of nitrogens with one attached hydrogen (secondary N) is 1. The molecular weight excluding hydrogens is 423 g/mol. The Morgan fingerprint density at radius 1 is 1.10 bits per heavy atom. The highest BCUT2D eigenvalue weighted by Crippen LogP contribution is 2.25. The largest absolute Gasteiger partial charge is 0.573 e. The van der Waals surface area contributed by atoms with E-state index in [1.807, 2.05) is 0 Å². The SMILES string of the molecule is O=S(=O)(c1ccc(NCC(O)c2ccc(OC(F)(F)F)cc2)nc1)N1CCCCC1. The number of nitrogens with zero attached hydrogens (tertiary/aromatic N) is 2. The van der Waals surface area contributed by atoms with E-state index in [1.165, 1.54) is 34.8 Å². The summed E-state index contributed by atoms with van der Waals surface area (Å²) in [6, 6.07) is 7.85. The maximum absolute atomic E-state index is 12.6. The molecule has 0 saturated carbocycles. The van der Waals surface area contributed by atoms with Gasteiger partial charge in [0.15, 0.2) is 0 Å². The van der Waals surface area contributed by atoms with E-state index in [1.54, 1.807) is 0 Å². The standard InChI is InChI=1S/C19H22F3N3O4S/c20-19(21,22)29-15-6-4-14(5-7-15)17(26)13-24-18-9-8-16(12-23-18)30(27,28)25-10-2-1-3-11-25/h4-9,12,17,26H,1-3,10-11,13H2,(H,23,24). The number of anilines is 1. The summed E-state index contributed by atoms with van der Waals surface area (Å²) in [6.07, 6.45) is -1.82. The van der Waals surface area contributed by atoms with Crippen LogP contribution in [0.1, 0.15) is 30.9 Å². The Balaban J connectivity index is 1.57. The molecule has 3 rings (SSSR count). The van der Waals surface area contributed by atoms with E-state index >= 15 is 0 Å². The van der Waals surface area contributed by atoms with E-state index in [-0.39, 0.29) is 17.2 Å². The molecule has 1 aliphatic rings. The van der Waals surface area contributed by atoms with Crippen LogP contribution in [0.2, 0.25) is 0 Å². The molecule has 2 aromatic rings. The second kappa shape index (κ2) is 9.19. The highest BCUT2D eigenvalue weighted by molar-refractivity contribution is 7.89. The number of aromatic nitrogens is 1. The maximum atomic E-state index is 12.6. The number of ether oxygens (including phenoxy) is 1. The van der Waals surface area contributed by atoms with Gasteiger partial charge in [-0.3, -0.25) is 0 Å². The van der Waals surface area contributed by atoms with Crippen LogP contribution < -0.4 is 10.1 Å². The third-order valence-electron chi connectivity index (χ3n) is 4.66. The quantitative estimate of drug-likeness (QED) is 0.680. The molecule has 2 heterocycles. The van der Waals surface area contributed by atoms with Crippen LogP contribution in [0, 0.1) is 0 Å². The minimum Gasteiger partial charge on any atom is -0.406 e. The number of hydrogen-bond acceptors (Lipinski definition) is 6. The maximum Gasteiger partial charge on any atom is 0.573 e. The Labute approximate surface area is 172 Å². The van der Waals surface area contributed by atoms with Crippen LogP contribution in [0.5, 0.6) is 5.75 Å². The lowest BCUT2D eigenvalue weighted by Gasteiger charge is -2.25. The fourth-order valence-corrected chi connectivity index (χ4v) is 4.57. The van der Waals surface area contributed by atoms with Gasteiger partial charge in [0, 0.05) is 25.8 Å². The molecule has 1 unspecified atom stereocenters. The third-order valence-corrected chi connectivity index (χ3v) is 6.55. The van der Waals surface area contributed by atoms with Gasteiger partial charge in [0.2, 0.25) is 10.0 Å². The number of aliphatic hydroxyl groups is 1. The van der Waals surface area contributed by atoms with E-state index in [9.17, 15) is 26.7 Å². The van der Waals surface area contributed by atoms with Crippen LogP contribution in [0.3, 0.4) is 0 Å². The number of alkyl halides is 3. The lowest BCUT2D eigenvalue weighted by molar-refractivity contribution is -0.274. The summed E-state index contributed by atoms with van der Waals surface area (Å²) < 4.78 is 67.0. The van der Waals surface area contributed by atoms with Crippen molar-refractivity contribution < 1.29 is 31.4 Å². The Morgan fingerprint density at radius 3 is 2.33 bits per heavy atom. The van der Waals surface area contributed by atoms with Gasteiger partial charge in [-0.1, -0.05) is 18.6 Å². The Kier molecular flexibility index (Phi) is 6.84. The predicted octanol–water partition coefficient (Wildman–Crippen LogP) is 3.30. The summed E-state index contributed by atoms with van der Waals surface area (Å²) in [5.74, 6) is -0.0118. The first-order chi connectivity index (χ1) is 14.1. The number of aliphatic hydroxyl groups excluding tert-OH is 1. The number of benzene rings is 1. The number of halogens is 3. The molecule has 1 atom stereocenters. The molecule has 0 bridgehead atoms. The average Bonchev–Trinajstić information content (AvgIpc) is 2.72. The average molecular weight is 445 g/mol. The minimum absolute atomic E-state index is 0.0324. The third kappa shape index (κ3) is 5.83. The van der Waals surface area contributed by atoms with Gasteiger partial charge in [0.25, 0.3) is 0 Å². The summed E-state index contributed by atoms with van der Waals surface area (Å²) in [5.41, 5.74) is 0.390. The molecule has 1 fully saturated rings. The smallest absolute Gasteiger partial charge is 0.406 e. The first-order valence-electron chi connectivity index (χ1n) is 9.39. The van der Waals surface area contributed by atoms with Crippen molar-refractivity contribution in [1.29, 1.82) is 0 Å². The summed E-state index contributed by atoms with van der Waals surface area (Å²) in [5, 5.41) is 13.1. The zero-order valence-electron chi connectivity index (χ0n) is 16.0. The van der Waals surface area contributed by atoms with Gasteiger partial charge in [0.05, 0.1) is 6.10 Å². The van der Waals surface area contributed by atoms with E-state index < -0.39 is 22.5 Å². The summed E-state index contributed by atoms with van der Waals surface area (Å²) in [4.78, 5) is 4.19. The molecule has 0 spiro atoms. The number of piperidine rings is 1. The Hall–Kier alpha value is -2.37. The highest BCUT2D eigenvalue weighted by atomic mass is 32.2. The number of pyridine rings is 1. The molecule has 11 heteroatoms. The summed E-state index contributed by atoms with van der Waals surface area (Å²) in [6.45, 7) is 1.04. The molecule has 2 N–H and O–H groups in total. The number of sulfonamides is 1. The van der Waals surface area contributed by atoms with Crippen molar-refractivity contribution in [3.8, 4) is 5.75 Å². The van der Waals surface area contributed by atoms with Crippen molar-refractivity contribution in [2.75, 3.05) is 25.0 Å². The molecule has 0 aliphatic carbocycles. The lowest BCUT2D eigenvalue weighted by atomic mass is 10.1. The number of rotatable bonds is 7. The highest BCUT2D eigenvalue weighted by Gasteiger charge is 2.31. The predicted molar refractivity (Wildman–Crippen MR) is 103 cm³/mol. The van der Waals surface area contributed by atoms with Gasteiger partial charge >= 0.3 is 6.36 Å². The zero-order chi connectivity index (χ0) is 21.8. The molecule has 1 aliphatic heterocycles. The molecule has 0 radical (unpaired) electrons. The van der Waals surface area contributed by atoms with E-state index in [2.05, 4.69) is 15.0 Å². The van der Waals surface area contributed by atoms with E-state index in [0.29, 0.717) is 24.5 Å². The zero-order valence-corrected chi connectivity index (χ0v) is 16.8. The van der Waals surface area contributed by atoms with Crippen molar-refractivity contribution in [1.82, 2.24) is 9.29 Å². The number of hydrogen-bond donors (Lipinski definition) is 2. The summed E-state index contributed by atoms with van der Waals surface area (Å²) in [7, 11) is -3.57. The Bertz CT molecular complexity index is 929. The fraction of sp³-hybridized carbons (Fsp3) is 0.421. The second-order valence-corrected chi connectivity index (χ2v) is 8.80. The van der Waals surface area contributed by atoms with Crippen molar-refractivity contribution in [3.05, 3.63) is 48.2 Å². The minimum atomic E-state index is -4.78. The molecule has 1 saturated heterocycles. The van der Waals surface area contributed by atoms with Gasteiger partial charge in [-0.2, -0.15) is 4.31 Å². The van der Waals surface area contributed by atoms with Crippen LogP contribution in [0.15, 0.2) is 47.5 Å². The molecule has 1 aromatic carbocycles. The molecular formula is C19H22F3N3O4S. The van der Waals surface area contributed by atoms with Crippen LogP contribution in [-0.4, -0.2) is 48.8 Å². The first-order valence-corrected chi connectivity index (χ1v) is 10.8. The van der Waals surface area contributed by atoms with Gasteiger partial charge < -0.3 is 15.2 Å². The van der Waals surface area contributed by atoms with Crippen molar-refractivity contribution in [2.24, 2.45) is 0 Å². The van der Waals surface area contributed by atoms with Crippen LogP contribution in [-0.2, 0) is 10.0 Å². The van der Waals surface area contributed by atoms with Gasteiger partial charge in [0.1, 0.15) is 16.5 Å².